The van der Waals surface area contributed by atoms with Gasteiger partial charge in [-0.15, -0.1) is 0 Å². The fourth-order valence-electron chi connectivity index (χ4n) is 4.21. The highest BCUT2D eigenvalue weighted by Crippen LogP contribution is 2.36. The molecule has 5 nitrogen and oxygen atoms in total. The Kier molecular flexibility index (Phi) is 5.60. The first kappa shape index (κ1) is 18.5. The van der Waals surface area contributed by atoms with Crippen molar-refractivity contribution in [1.82, 2.24) is 9.97 Å². The topological polar surface area (TPSA) is 67.1 Å². The van der Waals surface area contributed by atoms with Gasteiger partial charge in [-0.05, 0) is 31.2 Å². The van der Waals surface area contributed by atoms with E-state index in [-0.39, 0.29) is 0 Å². The molecule has 3 N–H and O–H groups in total. The van der Waals surface area contributed by atoms with Crippen LogP contribution in [0.3, 0.4) is 0 Å². The van der Waals surface area contributed by atoms with Crippen LogP contribution in [-0.2, 0) is 0 Å². The molecule has 5 heteroatoms. The average Bonchev–Trinajstić information content (AvgIpc) is 3.00. The number of hydrogen-bond acceptors (Lipinski definition) is 5. The van der Waals surface area contributed by atoms with Crippen LogP contribution >= 0.6 is 0 Å². The van der Waals surface area contributed by atoms with Crippen LogP contribution in [0.25, 0.3) is 10.8 Å². The summed E-state index contributed by atoms with van der Waals surface area (Å²) >= 11 is 0. The molecule has 3 aromatic rings. The van der Waals surface area contributed by atoms with E-state index in [4.69, 9.17) is 5.73 Å². The molecule has 0 atom stereocenters. The van der Waals surface area contributed by atoms with E-state index in [1.165, 1.54) is 49.3 Å². The van der Waals surface area contributed by atoms with Crippen LogP contribution in [0.2, 0.25) is 0 Å². The van der Waals surface area contributed by atoms with Gasteiger partial charge in [0.25, 0.3) is 0 Å². The van der Waals surface area contributed by atoms with E-state index in [1.54, 1.807) is 6.33 Å². The Labute approximate surface area is 167 Å². The second-order valence-corrected chi connectivity index (χ2v) is 7.53. The van der Waals surface area contributed by atoms with E-state index < -0.39 is 0 Å². The van der Waals surface area contributed by atoms with Gasteiger partial charge in [-0.3, -0.25) is 0 Å². The highest BCUT2D eigenvalue weighted by Gasteiger charge is 2.19. The van der Waals surface area contributed by atoms with Crippen molar-refractivity contribution in [3.63, 3.8) is 0 Å². The summed E-state index contributed by atoms with van der Waals surface area (Å²) in [5.74, 6) is 1.53. The third kappa shape index (κ3) is 3.75. The van der Waals surface area contributed by atoms with Crippen molar-refractivity contribution < 1.29 is 0 Å². The van der Waals surface area contributed by atoms with Crippen LogP contribution in [0.4, 0.5) is 23.0 Å². The molecule has 1 fully saturated rings. The Morgan fingerprint density at radius 3 is 2.54 bits per heavy atom. The lowest BCUT2D eigenvalue weighted by molar-refractivity contribution is 0.618. The Morgan fingerprint density at radius 2 is 1.75 bits per heavy atom. The molecule has 1 heterocycles. The normalized spacial score (nSPS) is 15.3. The van der Waals surface area contributed by atoms with Crippen LogP contribution in [0, 0.1) is 0 Å². The standard InChI is InChI=1S/C23H29N5/c1-2-28(20-15-9-11-17-10-7-8-14-19(17)20)23-21(24)22(25-16-26-23)27-18-12-5-3-4-6-13-18/h7-11,14-16,18H,2-6,12-13,24H2,1H3,(H,25,26,27). The van der Waals surface area contributed by atoms with Gasteiger partial charge in [0, 0.05) is 18.0 Å². The number of fused-ring (bicyclic) bond motifs is 1. The summed E-state index contributed by atoms with van der Waals surface area (Å²) < 4.78 is 0. The zero-order valence-corrected chi connectivity index (χ0v) is 16.6. The minimum absolute atomic E-state index is 0.445. The number of hydrogen-bond donors (Lipinski definition) is 2. The number of nitrogens with one attached hydrogen (secondary N) is 1. The first-order valence-electron chi connectivity index (χ1n) is 10.4. The van der Waals surface area contributed by atoms with E-state index in [1.807, 2.05) is 0 Å². The molecule has 0 aliphatic heterocycles. The minimum Gasteiger partial charge on any atom is -0.393 e. The lowest BCUT2D eigenvalue weighted by Crippen LogP contribution is -2.23. The van der Waals surface area contributed by atoms with Gasteiger partial charge in [-0.1, -0.05) is 62.1 Å². The SMILES string of the molecule is CCN(c1ncnc(NC2CCCCCC2)c1N)c1cccc2ccccc12. The Bertz CT molecular complexity index is 926. The maximum atomic E-state index is 6.57. The number of anilines is 4. The van der Waals surface area contributed by atoms with Gasteiger partial charge in [-0.25, -0.2) is 9.97 Å². The number of nitrogens with two attached hydrogens (primary N) is 1. The van der Waals surface area contributed by atoms with Gasteiger partial charge in [0.15, 0.2) is 11.6 Å². The first-order chi connectivity index (χ1) is 13.8. The minimum atomic E-state index is 0.445. The van der Waals surface area contributed by atoms with Crippen molar-refractivity contribution in [2.75, 3.05) is 22.5 Å². The molecule has 1 aliphatic rings. The average molecular weight is 376 g/mol. The van der Waals surface area contributed by atoms with E-state index in [2.05, 4.69) is 69.6 Å². The molecule has 28 heavy (non-hydrogen) atoms. The van der Waals surface area contributed by atoms with Gasteiger partial charge in [0.2, 0.25) is 0 Å². The second kappa shape index (κ2) is 8.46. The zero-order valence-electron chi connectivity index (χ0n) is 16.6. The molecule has 2 aromatic carbocycles. The molecule has 146 valence electrons. The molecule has 0 bridgehead atoms. The monoisotopic (exact) mass is 375 g/mol. The molecule has 0 saturated heterocycles. The predicted octanol–water partition coefficient (Wildman–Crippen LogP) is 5.50. The number of benzene rings is 2. The number of nitrogen functional groups attached to an aromatic ring is 1. The molecular formula is C23H29N5. The predicted molar refractivity (Wildman–Crippen MR) is 118 cm³/mol. The molecule has 0 unspecified atom stereocenters. The van der Waals surface area contributed by atoms with Crippen LogP contribution in [-0.4, -0.2) is 22.6 Å². The van der Waals surface area contributed by atoms with E-state index in [0.717, 1.165) is 23.9 Å². The van der Waals surface area contributed by atoms with Crippen molar-refractivity contribution in [3.8, 4) is 0 Å². The van der Waals surface area contributed by atoms with Crippen molar-refractivity contribution in [2.45, 2.75) is 51.5 Å². The molecule has 0 radical (unpaired) electrons. The van der Waals surface area contributed by atoms with Crippen LogP contribution in [0.15, 0.2) is 48.8 Å². The molecule has 4 rings (SSSR count). The smallest absolute Gasteiger partial charge is 0.161 e. The van der Waals surface area contributed by atoms with Gasteiger partial charge in [0.1, 0.15) is 12.0 Å². The summed E-state index contributed by atoms with van der Waals surface area (Å²) in [6.45, 7) is 2.90. The second-order valence-electron chi connectivity index (χ2n) is 7.53. The first-order valence-corrected chi connectivity index (χ1v) is 10.4. The summed E-state index contributed by atoms with van der Waals surface area (Å²) in [6.07, 6.45) is 9.18. The molecule has 0 amide bonds. The van der Waals surface area contributed by atoms with Crippen molar-refractivity contribution in [1.29, 1.82) is 0 Å². The van der Waals surface area contributed by atoms with E-state index in [0.29, 0.717) is 11.7 Å². The summed E-state index contributed by atoms with van der Waals surface area (Å²) in [7, 11) is 0. The van der Waals surface area contributed by atoms with Gasteiger partial charge in [-0.2, -0.15) is 0 Å². The Morgan fingerprint density at radius 1 is 1.00 bits per heavy atom. The van der Waals surface area contributed by atoms with Gasteiger partial charge in [0.05, 0.1) is 5.69 Å². The van der Waals surface area contributed by atoms with Gasteiger partial charge >= 0.3 is 0 Å². The van der Waals surface area contributed by atoms with Crippen LogP contribution in [0.5, 0.6) is 0 Å². The summed E-state index contributed by atoms with van der Waals surface area (Å²) in [6, 6.07) is 15.2. The Balaban J connectivity index is 1.69. The van der Waals surface area contributed by atoms with E-state index >= 15 is 0 Å². The van der Waals surface area contributed by atoms with Crippen molar-refractivity contribution in [3.05, 3.63) is 48.8 Å². The zero-order chi connectivity index (χ0) is 19.3. The number of nitrogens with zero attached hydrogens (tertiary/aromatic N) is 3. The number of rotatable bonds is 5. The summed E-state index contributed by atoms with van der Waals surface area (Å²) in [5, 5.41) is 6.00. The van der Waals surface area contributed by atoms with Crippen LogP contribution < -0.4 is 16.0 Å². The fraction of sp³-hybridized carbons (Fsp3) is 0.391. The molecule has 1 saturated carbocycles. The van der Waals surface area contributed by atoms with Gasteiger partial charge < -0.3 is 16.0 Å². The van der Waals surface area contributed by atoms with Crippen molar-refractivity contribution in [2.24, 2.45) is 0 Å². The summed E-state index contributed by atoms with van der Waals surface area (Å²) in [4.78, 5) is 11.2. The molecular weight excluding hydrogens is 346 g/mol. The maximum absolute atomic E-state index is 6.57. The fourth-order valence-corrected chi connectivity index (χ4v) is 4.21. The maximum Gasteiger partial charge on any atom is 0.161 e. The highest BCUT2D eigenvalue weighted by molar-refractivity contribution is 5.97. The molecule has 1 aromatic heterocycles. The largest absolute Gasteiger partial charge is 0.393 e. The lowest BCUT2D eigenvalue weighted by atomic mass is 10.1. The lowest BCUT2D eigenvalue weighted by Gasteiger charge is -2.26. The third-order valence-electron chi connectivity index (χ3n) is 5.69. The quantitative estimate of drug-likeness (QED) is 0.576. The molecule has 0 spiro atoms. The third-order valence-corrected chi connectivity index (χ3v) is 5.69. The summed E-state index contributed by atoms with van der Waals surface area (Å²) in [5.41, 5.74) is 8.31. The van der Waals surface area contributed by atoms with Crippen LogP contribution in [0.1, 0.15) is 45.4 Å². The Hall–Kier alpha value is -2.82. The number of aromatic nitrogens is 2. The van der Waals surface area contributed by atoms with Crippen molar-refractivity contribution >= 4 is 33.8 Å². The van der Waals surface area contributed by atoms with E-state index in [9.17, 15) is 0 Å². The molecule has 1 aliphatic carbocycles. The highest BCUT2D eigenvalue weighted by atomic mass is 15.2.